The van der Waals surface area contributed by atoms with Crippen LogP contribution < -0.4 is 11.1 Å². The Morgan fingerprint density at radius 2 is 1.87 bits per heavy atom. The summed E-state index contributed by atoms with van der Waals surface area (Å²) in [6.45, 7) is 1.98. The monoisotopic (exact) mass is 318 g/mol. The lowest BCUT2D eigenvalue weighted by Gasteiger charge is -2.34. The summed E-state index contributed by atoms with van der Waals surface area (Å²) in [5, 5.41) is 3.13. The van der Waals surface area contributed by atoms with E-state index in [1.165, 1.54) is 0 Å². The second-order valence-corrected chi connectivity index (χ2v) is 6.17. The number of hydrogen-bond donors (Lipinski definition) is 2. The number of para-hydroxylation sites is 1. The van der Waals surface area contributed by atoms with E-state index in [0.29, 0.717) is 19.3 Å². The van der Waals surface area contributed by atoms with Crippen molar-refractivity contribution in [3.63, 3.8) is 0 Å². The number of carbonyl (C=O) groups is 2. The first kappa shape index (κ1) is 17.5. The van der Waals surface area contributed by atoms with E-state index < -0.39 is 17.6 Å². The second kappa shape index (κ2) is 8.11. The fraction of sp³-hybridized carbons (Fsp3) is 0.556. The number of ketones is 1. The summed E-state index contributed by atoms with van der Waals surface area (Å²) in [4.78, 5) is 24.6. The first-order valence-corrected chi connectivity index (χ1v) is 8.37. The Kier molecular flexibility index (Phi) is 6.16. The van der Waals surface area contributed by atoms with Crippen LogP contribution >= 0.6 is 0 Å². The normalized spacial score (nSPS) is 18.0. The molecule has 3 N–H and O–H groups in total. The number of anilines is 1. The Labute approximate surface area is 137 Å². The van der Waals surface area contributed by atoms with Gasteiger partial charge in [0.2, 0.25) is 0 Å². The molecule has 0 amide bonds. The number of carbonyl (C=O) groups excluding carboxylic acids is 2. The van der Waals surface area contributed by atoms with Crippen LogP contribution in [0.15, 0.2) is 30.3 Å². The zero-order valence-electron chi connectivity index (χ0n) is 13.7. The summed E-state index contributed by atoms with van der Waals surface area (Å²) >= 11 is 0. The molecule has 0 spiro atoms. The maximum absolute atomic E-state index is 12.5. The van der Waals surface area contributed by atoms with Crippen molar-refractivity contribution in [1.29, 1.82) is 0 Å². The van der Waals surface area contributed by atoms with Crippen molar-refractivity contribution in [2.45, 2.75) is 51.2 Å². The minimum Gasteiger partial charge on any atom is -0.444 e. The summed E-state index contributed by atoms with van der Waals surface area (Å²) in [7, 11) is 0. The summed E-state index contributed by atoms with van der Waals surface area (Å²) in [5.41, 5.74) is 6.13. The van der Waals surface area contributed by atoms with E-state index in [4.69, 9.17) is 10.5 Å². The van der Waals surface area contributed by atoms with Crippen molar-refractivity contribution in [2.24, 2.45) is 11.7 Å². The van der Waals surface area contributed by atoms with Gasteiger partial charge in [-0.25, -0.2) is 0 Å². The zero-order valence-corrected chi connectivity index (χ0v) is 13.7. The van der Waals surface area contributed by atoms with Crippen molar-refractivity contribution in [2.75, 3.05) is 11.9 Å². The number of hydrogen-bond acceptors (Lipinski definition) is 5. The molecule has 1 aromatic carbocycles. The van der Waals surface area contributed by atoms with E-state index >= 15 is 0 Å². The highest BCUT2D eigenvalue weighted by atomic mass is 16.6. The molecule has 0 heterocycles. The van der Waals surface area contributed by atoms with Gasteiger partial charge in [-0.1, -0.05) is 31.5 Å². The molecule has 0 bridgehead atoms. The standard InChI is InChI=1S/C18H26N2O3/c1-2-16(21)15(13-20-14-9-5-3-6-10-14)17(22)23-18(19)11-7-4-8-12-18/h3,5-6,9-10,15,20H,2,4,7-8,11-13,19H2,1H3. The Morgan fingerprint density at radius 1 is 1.22 bits per heavy atom. The molecule has 1 aliphatic rings. The minimum atomic E-state index is -0.908. The Morgan fingerprint density at radius 3 is 2.48 bits per heavy atom. The lowest BCUT2D eigenvalue weighted by molar-refractivity contribution is -0.168. The smallest absolute Gasteiger partial charge is 0.320 e. The van der Waals surface area contributed by atoms with Gasteiger partial charge in [-0.2, -0.15) is 0 Å². The molecule has 0 saturated heterocycles. The number of Topliss-reactive ketones (excluding diaryl/α,β-unsaturated/α-hetero) is 1. The molecule has 0 aliphatic heterocycles. The third-order valence-corrected chi connectivity index (χ3v) is 4.31. The molecule has 1 fully saturated rings. The van der Waals surface area contributed by atoms with Crippen molar-refractivity contribution < 1.29 is 14.3 Å². The molecular formula is C18H26N2O3. The first-order valence-electron chi connectivity index (χ1n) is 8.37. The van der Waals surface area contributed by atoms with E-state index in [2.05, 4.69) is 5.32 Å². The van der Waals surface area contributed by atoms with Crippen LogP contribution in [0.4, 0.5) is 5.69 Å². The van der Waals surface area contributed by atoms with E-state index in [-0.39, 0.29) is 12.3 Å². The van der Waals surface area contributed by atoms with Crippen LogP contribution in [0.3, 0.4) is 0 Å². The van der Waals surface area contributed by atoms with Gasteiger partial charge in [-0.05, 0) is 25.0 Å². The van der Waals surface area contributed by atoms with E-state index in [1.54, 1.807) is 6.92 Å². The van der Waals surface area contributed by atoms with E-state index in [9.17, 15) is 9.59 Å². The highest BCUT2D eigenvalue weighted by molar-refractivity contribution is 5.99. The first-order chi connectivity index (χ1) is 11.0. The van der Waals surface area contributed by atoms with Gasteiger partial charge in [0.05, 0.1) is 0 Å². The highest BCUT2D eigenvalue weighted by Gasteiger charge is 2.36. The van der Waals surface area contributed by atoms with Gasteiger partial charge in [0.25, 0.3) is 0 Å². The van der Waals surface area contributed by atoms with Gasteiger partial charge in [0, 0.05) is 31.5 Å². The molecule has 1 saturated carbocycles. The number of ether oxygens (including phenoxy) is 1. The van der Waals surface area contributed by atoms with Crippen LogP contribution in [0.25, 0.3) is 0 Å². The third kappa shape index (κ3) is 5.06. The molecule has 1 aromatic rings. The second-order valence-electron chi connectivity index (χ2n) is 6.17. The van der Waals surface area contributed by atoms with Crippen molar-refractivity contribution in [3.05, 3.63) is 30.3 Å². The fourth-order valence-corrected chi connectivity index (χ4v) is 2.87. The predicted octanol–water partition coefficient (Wildman–Crippen LogP) is 2.86. The molecular weight excluding hydrogens is 292 g/mol. The number of nitrogens with one attached hydrogen (secondary N) is 1. The Bertz CT molecular complexity index is 524. The van der Waals surface area contributed by atoms with Crippen molar-refractivity contribution in [3.8, 4) is 0 Å². The Balaban J connectivity index is 1.99. The van der Waals surface area contributed by atoms with Gasteiger partial charge in [0.15, 0.2) is 5.72 Å². The van der Waals surface area contributed by atoms with E-state index in [1.807, 2.05) is 30.3 Å². The number of rotatable bonds is 7. The van der Waals surface area contributed by atoms with Crippen LogP contribution in [0.2, 0.25) is 0 Å². The summed E-state index contributed by atoms with van der Waals surface area (Å²) in [6, 6.07) is 9.49. The average Bonchev–Trinajstić information content (AvgIpc) is 2.56. The van der Waals surface area contributed by atoms with Crippen LogP contribution in [0, 0.1) is 5.92 Å². The highest BCUT2D eigenvalue weighted by Crippen LogP contribution is 2.28. The van der Waals surface area contributed by atoms with Gasteiger partial charge in [0.1, 0.15) is 11.7 Å². The van der Waals surface area contributed by atoms with Crippen LogP contribution in [0.1, 0.15) is 45.4 Å². The molecule has 5 heteroatoms. The van der Waals surface area contributed by atoms with Crippen LogP contribution in [0.5, 0.6) is 0 Å². The minimum absolute atomic E-state index is 0.127. The summed E-state index contributed by atoms with van der Waals surface area (Å²) in [5.74, 6) is -1.45. The predicted molar refractivity (Wildman–Crippen MR) is 89.8 cm³/mol. The van der Waals surface area contributed by atoms with Gasteiger partial charge in [-0.15, -0.1) is 0 Å². The number of benzene rings is 1. The van der Waals surface area contributed by atoms with Crippen molar-refractivity contribution >= 4 is 17.4 Å². The SMILES string of the molecule is CCC(=O)C(CNc1ccccc1)C(=O)OC1(N)CCCCC1. The molecule has 5 nitrogen and oxygen atoms in total. The molecule has 126 valence electrons. The van der Waals surface area contributed by atoms with Crippen LogP contribution in [-0.2, 0) is 14.3 Å². The quantitative estimate of drug-likeness (QED) is 0.459. The average molecular weight is 318 g/mol. The molecule has 0 aromatic heterocycles. The number of nitrogens with two attached hydrogens (primary N) is 1. The molecule has 1 aliphatic carbocycles. The number of esters is 1. The molecule has 2 rings (SSSR count). The summed E-state index contributed by atoms with van der Waals surface area (Å²) in [6.07, 6.45) is 4.66. The molecule has 23 heavy (non-hydrogen) atoms. The molecule has 1 unspecified atom stereocenters. The van der Waals surface area contributed by atoms with Gasteiger partial charge >= 0.3 is 5.97 Å². The van der Waals surface area contributed by atoms with Crippen molar-refractivity contribution in [1.82, 2.24) is 0 Å². The lowest BCUT2D eigenvalue weighted by Crippen LogP contribution is -2.48. The maximum atomic E-state index is 12.5. The molecule has 1 atom stereocenters. The largest absolute Gasteiger partial charge is 0.444 e. The topological polar surface area (TPSA) is 81.4 Å². The zero-order chi connectivity index (χ0) is 16.7. The van der Waals surface area contributed by atoms with E-state index in [0.717, 1.165) is 24.9 Å². The lowest BCUT2D eigenvalue weighted by atomic mass is 9.92. The maximum Gasteiger partial charge on any atom is 0.320 e. The summed E-state index contributed by atoms with van der Waals surface area (Å²) < 4.78 is 5.53. The van der Waals surface area contributed by atoms with Gasteiger partial charge < -0.3 is 10.1 Å². The third-order valence-electron chi connectivity index (χ3n) is 4.31. The van der Waals surface area contributed by atoms with Gasteiger partial charge in [-0.3, -0.25) is 15.3 Å². The van der Waals surface area contributed by atoms with Crippen LogP contribution in [-0.4, -0.2) is 24.0 Å². The molecule has 0 radical (unpaired) electrons. The Hall–Kier alpha value is -1.88. The fourth-order valence-electron chi connectivity index (χ4n) is 2.87.